The SMILES string of the molecule is C[C@H](COCc1ccccc1)S(N)(=O)=O. The topological polar surface area (TPSA) is 69.4 Å². The molecule has 2 N–H and O–H groups in total. The molecule has 0 unspecified atom stereocenters. The molecular weight excluding hydrogens is 214 g/mol. The molecule has 0 aliphatic heterocycles. The van der Waals surface area contributed by atoms with E-state index in [-0.39, 0.29) is 6.61 Å². The molecule has 0 saturated carbocycles. The van der Waals surface area contributed by atoms with Crippen LogP contribution in [0.2, 0.25) is 0 Å². The Labute approximate surface area is 90.1 Å². The average molecular weight is 229 g/mol. The Balaban J connectivity index is 2.35. The summed E-state index contributed by atoms with van der Waals surface area (Å²) in [4.78, 5) is 0. The molecule has 0 aliphatic rings. The lowest BCUT2D eigenvalue weighted by Crippen LogP contribution is -2.29. The van der Waals surface area contributed by atoms with E-state index < -0.39 is 15.3 Å². The highest BCUT2D eigenvalue weighted by molar-refractivity contribution is 7.89. The highest BCUT2D eigenvalue weighted by Crippen LogP contribution is 2.02. The first kappa shape index (κ1) is 12.2. The second-order valence-electron chi connectivity index (χ2n) is 3.40. The number of nitrogens with two attached hydrogens (primary N) is 1. The van der Waals surface area contributed by atoms with Crippen LogP contribution in [-0.4, -0.2) is 20.3 Å². The van der Waals surface area contributed by atoms with E-state index in [1.165, 1.54) is 6.92 Å². The van der Waals surface area contributed by atoms with Gasteiger partial charge in [-0.2, -0.15) is 0 Å². The maximum Gasteiger partial charge on any atom is 0.213 e. The zero-order valence-corrected chi connectivity index (χ0v) is 9.41. The number of hydrogen-bond donors (Lipinski definition) is 1. The monoisotopic (exact) mass is 229 g/mol. The van der Waals surface area contributed by atoms with E-state index in [0.29, 0.717) is 6.61 Å². The van der Waals surface area contributed by atoms with Crippen molar-refractivity contribution in [2.24, 2.45) is 5.14 Å². The number of hydrogen-bond acceptors (Lipinski definition) is 3. The van der Waals surface area contributed by atoms with Crippen LogP contribution in [0.1, 0.15) is 12.5 Å². The summed E-state index contributed by atoms with van der Waals surface area (Å²) < 4.78 is 27.0. The van der Waals surface area contributed by atoms with Crippen LogP contribution in [0.3, 0.4) is 0 Å². The molecule has 0 fully saturated rings. The van der Waals surface area contributed by atoms with Crippen molar-refractivity contribution >= 4 is 10.0 Å². The van der Waals surface area contributed by atoms with Crippen LogP contribution >= 0.6 is 0 Å². The lowest BCUT2D eigenvalue weighted by Gasteiger charge is -2.09. The summed E-state index contributed by atoms with van der Waals surface area (Å²) >= 11 is 0. The molecule has 4 nitrogen and oxygen atoms in total. The highest BCUT2D eigenvalue weighted by atomic mass is 32.2. The third kappa shape index (κ3) is 4.42. The van der Waals surface area contributed by atoms with Crippen LogP contribution in [0.4, 0.5) is 0 Å². The van der Waals surface area contributed by atoms with Crippen molar-refractivity contribution in [3.63, 3.8) is 0 Å². The molecule has 0 spiro atoms. The smallest absolute Gasteiger partial charge is 0.213 e. The van der Waals surface area contributed by atoms with E-state index in [4.69, 9.17) is 9.88 Å². The first-order valence-electron chi connectivity index (χ1n) is 4.63. The minimum absolute atomic E-state index is 0.119. The molecule has 1 atom stereocenters. The maximum atomic E-state index is 10.9. The van der Waals surface area contributed by atoms with Crippen LogP contribution in [-0.2, 0) is 21.4 Å². The molecule has 0 radical (unpaired) electrons. The van der Waals surface area contributed by atoms with Gasteiger partial charge in [0, 0.05) is 0 Å². The average Bonchev–Trinajstić information content (AvgIpc) is 2.18. The van der Waals surface area contributed by atoms with E-state index in [2.05, 4.69) is 0 Å². The maximum absolute atomic E-state index is 10.9. The quantitative estimate of drug-likeness (QED) is 0.814. The van der Waals surface area contributed by atoms with Gasteiger partial charge in [0.25, 0.3) is 0 Å². The third-order valence-corrected chi connectivity index (χ3v) is 3.28. The minimum Gasteiger partial charge on any atom is -0.375 e. The molecule has 84 valence electrons. The van der Waals surface area contributed by atoms with E-state index in [1.54, 1.807) is 0 Å². The molecule has 15 heavy (non-hydrogen) atoms. The molecule has 1 rings (SSSR count). The van der Waals surface area contributed by atoms with Gasteiger partial charge in [0.05, 0.1) is 18.5 Å². The van der Waals surface area contributed by atoms with Crippen molar-refractivity contribution in [2.45, 2.75) is 18.8 Å². The Morgan fingerprint density at radius 2 is 1.93 bits per heavy atom. The summed E-state index contributed by atoms with van der Waals surface area (Å²) in [7, 11) is -3.48. The van der Waals surface area contributed by atoms with Crippen molar-refractivity contribution in [1.29, 1.82) is 0 Å². The summed E-state index contributed by atoms with van der Waals surface area (Å²) in [5, 5.41) is 4.29. The van der Waals surface area contributed by atoms with E-state index in [9.17, 15) is 8.42 Å². The zero-order chi connectivity index (χ0) is 11.3. The van der Waals surface area contributed by atoms with Crippen molar-refractivity contribution in [1.82, 2.24) is 0 Å². The van der Waals surface area contributed by atoms with Gasteiger partial charge in [-0.25, -0.2) is 13.6 Å². The summed E-state index contributed by atoms with van der Waals surface area (Å²) in [6, 6.07) is 9.56. The summed E-state index contributed by atoms with van der Waals surface area (Å²) in [5.41, 5.74) is 1.01. The lowest BCUT2D eigenvalue weighted by atomic mass is 10.2. The lowest BCUT2D eigenvalue weighted by molar-refractivity contribution is 0.123. The van der Waals surface area contributed by atoms with Crippen LogP contribution in [0, 0.1) is 0 Å². The van der Waals surface area contributed by atoms with Crippen LogP contribution < -0.4 is 5.14 Å². The first-order valence-corrected chi connectivity index (χ1v) is 6.24. The standard InChI is InChI=1S/C10H15NO3S/c1-9(15(11,12)13)7-14-8-10-5-3-2-4-6-10/h2-6,9H,7-8H2,1H3,(H2,11,12,13)/t9-/m1/s1. The predicted molar refractivity (Wildman–Crippen MR) is 58.7 cm³/mol. The zero-order valence-electron chi connectivity index (χ0n) is 8.59. The minimum atomic E-state index is -3.48. The van der Waals surface area contributed by atoms with Crippen LogP contribution in [0.25, 0.3) is 0 Å². The Morgan fingerprint density at radius 3 is 2.47 bits per heavy atom. The van der Waals surface area contributed by atoms with Gasteiger partial charge in [-0.15, -0.1) is 0 Å². The van der Waals surface area contributed by atoms with E-state index in [0.717, 1.165) is 5.56 Å². The fourth-order valence-corrected chi connectivity index (χ4v) is 1.30. The Hall–Kier alpha value is -0.910. The van der Waals surface area contributed by atoms with Crippen molar-refractivity contribution < 1.29 is 13.2 Å². The molecule has 1 aromatic carbocycles. The van der Waals surface area contributed by atoms with Gasteiger partial charge in [-0.05, 0) is 12.5 Å². The Kier molecular flexibility index (Phi) is 4.26. The van der Waals surface area contributed by atoms with Gasteiger partial charge in [-0.3, -0.25) is 0 Å². The third-order valence-electron chi connectivity index (χ3n) is 2.02. The second-order valence-corrected chi connectivity index (χ2v) is 5.38. The first-order chi connectivity index (χ1) is 7.00. The number of rotatable bonds is 5. The molecule has 0 aromatic heterocycles. The Bertz CT molecular complexity index is 388. The van der Waals surface area contributed by atoms with Crippen molar-refractivity contribution in [3.8, 4) is 0 Å². The van der Waals surface area contributed by atoms with Crippen LogP contribution in [0.15, 0.2) is 30.3 Å². The van der Waals surface area contributed by atoms with Gasteiger partial charge < -0.3 is 4.74 Å². The van der Waals surface area contributed by atoms with Crippen LogP contribution in [0.5, 0.6) is 0 Å². The molecule has 0 heterocycles. The normalized spacial score (nSPS) is 13.7. The molecule has 1 aromatic rings. The second kappa shape index (κ2) is 5.25. The fraction of sp³-hybridized carbons (Fsp3) is 0.400. The van der Waals surface area contributed by atoms with Gasteiger partial charge in [0.15, 0.2) is 0 Å². The Morgan fingerprint density at radius 1 is 1.33 bits per heavy atom. The molecular formula is C10H15NO3S. The number of benzene rings is 1. The molecule has 0 aliphatic carbocycles. The van der Waals surface area contributed by atoms with Gasteiger partial charge in [-0.1, -0.05) is 30.3 Å². The number of ether oxygens (including phenoxy) is 1. The molecule has 0 amide bonds. The van der Waals surface area contributed by atoms with Gasteiger partial charge in [0.2, 0.25) is 10.0 Å². The van der Waals surface area contributed by atoms with E-state index in [1.807, 2.05) is 30.3 Å². The number of primary sulfonamides is 1. The summed E-state index contributed by atoms with van der Waals surface area (Å²) in [6.07, 6.45) is 0. The molecule has 0 saturated heterocycles. The fourth-order valence-electron chi connectivity index (χ4n) is 1.01. The molecule has 5 heteroatoms. The highest BCUT2D eigenvalue weighted by Gasteiger charge is 2.15. The van der Waals surface area contributed by atoms with Gasteiger partial charge in [0.1, 0.15) is 0 Å². The predicted octanol–water partition coefficient (Wildman–Crippen LogP) is 0.880. The van der Waals surface area contributed by atoms with Crippen molar-refractivity contribution in [2.75, 3.05) is 6.61 Å². The van der Waals surface area contributed by atoms with E-state index >= 15 is 0 Å². The number of sulfonamides is 1. The van der Waals surface area contributed by atoms with Crippen molar-refractivity contribution in [3.05, 3.63) is 35.9 Å². The largest absolute Gasteiger partial charge is 0.375 e. The van der Waals surface area contributed by atoms with Gasteiger partial charge >= 0.3 is 0 Å². The molecule has 0 bridgehead atoms. The summed E-state index contributed by atoms with van der Waals surface area (Å²) in [5.74, 6) is 0. The summed E-state index contributed by atoms with van der Waals surface area (Å²) in [6.45, 7) is 2.05.